The predicted octanol–water partition coefficient (Wildman–Crippen LogP) is -1.38. The van der Waals surface area contributed by atoms with Crippen LogP contribution in [0.15, 0.2) is 23.6 Å². The van der Waals surface area contributed by atoms with Crippen LogP contribution in [0.4, 0.5) is 5.82 Å². The molecule has 7 N–H and O–H groups in total. The summed E-state index contributed by atoms with van der Waals surface area (Å²) in [5.74, 6) is 0.434. The van der Waals surface area contributed by atoms with E-state index >= 15 is 0 Å². The summed E-state index contributed by atoms with van der Waals surface area (Å²) in [5, 5.41) is 27.1. The van der Waals surface area contributed by atoms with Gasteiger partial charge in [-0.25, -0.2) is 24.6 Å². The molecule has 3 saturated heterocycles. The molecule has 20 nitrogen and oxygen atoms in total. The molecule has 0 radical (unpaired) electrons. The van der Waals surface area contributed by atoms with Gasteiger partial charge in [0.05, 0.1) is 31.1 Å². The summed E-state index contributed by atoms with van der Waals surface area (Å²) in [7, 11) is 0. The van der Waals surface area contributed by atoms with Crippen LogP contribution in [0, 0.1) is 6.92 Å². The van der Waals surface area contributed by atoms with Crippen LogP contribution in [0.25, 0.3) is 22.2 Å². The van der Waals surface area contributed by atoms with E-state index in [0.29, 0.717) is 5.39 Å². The average molecular weight is 706 g/mol. The summed E-state index contributed by atoms with van der Waals surface area (Å²) in [6.07, 6.45) is -6.85. The van der Waals surface area contributed by atoms with E-state index in [1.807, 2.05) is 0 Å². The van der Waals surface area contributed by atoms with Gasteiger partial charge in [-0.1, -0.05) is 0 Å². The number of anilines is 1. The largest absolute Gasteiger partial charge is 0.387 e. The van der Waals surface area contributed by atoms with Crippen molar-refractivity contribution in [1.29, 1.82) is 0 Å². The zero-order valence-electron chi connectivity index (χ0n) is 22.8. The second kappa shape index (κ2) is 11.4. The van der Waals surface area contributed by atoms with Crippen LogP contribution in [0.1, 0.15) is 18.3 Å². The van der Waals surface area contributed by atoms with Crippen LogP contribution >= 0.6 is 13.4 Å². The summed E-state index contributed by atoms with van der Waals surface area (Å²) in [5.41, 5.74) is 5.74. The molecule has 0 saturated carbocycles. The first-order chi connectivity index (χ1) is 21.3. The van der Waals surface area contributed by atoms with E-state index in [9.17, 15) is 24.8 Å². The number of hydrogen-bond acceptors (Lipinski definition) is 17. The molecule has 3 fully saturated rings. The number of fused-ring (bicyclic) bond motifs is 5. The standard InChI is InChI=1S/C21H25N9O11P2S2/c1-7-27-18-11(19(33)28-7)25-6-29(18)21-15-12(31)9(38-21)3-36-42(34,44)40-14-10(4-37-43(35,45)41-15)39-20(13(14)32)30-17-8(2-26-30)16(22)23-5-24-17/h2,5-6,9-10,12-15,20-21,31-32H,3-4H2,1H3,(H,34,44)(H,35,45)(H2,22,23,24)(H,27,28,33)/t9-,10-,12?,13?,14+,15+,20-,21-,42?,43?/m1/s1. The first-order valence-corrected chi connectivity index (χ1v) is 18.4. The monoisotopic (exact) mass is 705 g/mol. The van der Waals surface area contributed by atoms with Crippen LogP contribution in [-0.4, -0.2) is 109 Å². The molecule has 242 valence electrons. The third-order valence-electron chi connectivity index (χ3n) is 7.42. The molecule has 7 rings (SSSR count). The second-order valence-electron chi connectivity index (χ2n) is 10.3. The lowest BCUT2D eigenvalue weighted by Crippen LogP contribution is -2.36. The van der Waals surface area contributed by atoms with Crippen LogP contribution in [-0.2, 0) is 51.2 Å². The fourth-order valence-corrected chi connectivity index (χ4v) is 8.23. The Kier molecular flexibility index (Phi) is 7.90. The summed E-state index contributed by atoms with van der Waals surface area (Å²) < 4.78 is 37.2. The minimum absolute atomic E-state index is 0.0119. The number of nitrogens with one attached hydrogen (secondary N) is 1. The van der Waals surface area contributed by atoms with Gasteiger partial charge >= 0.3 is 13.4 Å². The molecule has 10 atom stereocenters. The molecule has 3 aliphatic heterocycles. The molecule has 4 unspecified atom stereocenters. The van der Waals surface area contributed by atoms with Crippen molar-refractivity contribution >= 4 is 65.1 Å². The third kappa shape index (κ3) is 5.63. The number of nitrogens with two attached hydrogens (primary N) is 1. The lowest BCUT2D eigenvalue weighted by molar-refractivity contribution is -0.0629. The number of nitrogen functional groups attached to an aromatic ring is 1. The minimum Gasteiger partial charge on any atom is -0.387 e. The van der Waals surface area contributed by atoms with E-state index in [4.69, 9.17) is 56.9 Å². The molecule has 0 aromatic carbocycles. The quantitative estimate of drug-likeness (QED) is 0.131. The van der Waals surface area contributed by atoms with Gasteiger partial charge in [-0.15, -0.1) is 0 Å². The number of ether oxygens (including phenoxy) is 2. The van der Waals surface area contributed by atoms with Gasteiger partial charge in [-0.3, -0.25) is 18.4 Å². The van der Waals surface area contributed by atoms with Gasteiger partial charge in [-0.2, -0.15) is 5.10 Å². The zero-order chi connectivity index (χ0) is 31.8. The maximum absolute atomic E-state index is 12.4. The van der Waals surface area contributed by atoms with Crippen molar-refractivity contribution in [1.82, 2.24) is 39.3 Å². The van der Waals surface area contributed by atoms with E-state index in [-0.39, 0.29) is 28.5 Å². The molecule has 24 heteroatoms. The Bertz CT molecular complexity index is 1940. The topological polar surface area (TPSA) is 269 Å². The van der Waals surface area contributed by atoms with Gasteiger partial charge in [0.1, 0.15) is 54.6 Å². The lowest BCUT2D eigenvalue weighted by atomic mass is 10.1. The van der Waals surface area contributed by atoms with E-state index in [1.165, 1.54) is 28.1 Å². The van der Waals surface area contributed by atoms with Crippen LogP contribution in [0.2, 0.25) is 0 Å². The zero-order valence-corrected chi connectivity index (χ0v) is 26.3. The van der Waals surface area contributed by atoms with Crippen molar-refractivity contribution in [3.8, 4) is 0 Å². The van der Waals surface area contributed by atoms with Gasteiger partial charge in [0.15, 0.2) is 29.3 Å². The average Bonchev–Trinajstić information content (AvgIpc) is 3.72. The summed E-state index contributed by atoms with van der Waals surface area (Å²) in [6, 6.07) is 0. The fraction of sp³-hybridized carbons (Fsp3) is 0.524. The van der Waals surface area contributed by atoms with Crippen molar-refractivity contribution in [3.63, 3.8) is 0 Å². The third-order valence-corrected chi connectivity index (χ3v) is 10.5. The van der Waals surface area contributed by atoms with Crippen LogP contribution < -0.4 is 11.3 Å². The van der Waals surface area contributed by atoms with Gasteiger partial charge in [-0.05, 0) is 30.5 Å². The Morgan fingerprint density at radius 2 is 1.67 bits per heavy atom. The maximum Gasteiger partial charge on any atom is 0.325 e. The van der Waals surface area contributed by atoms with E-state index in [1.54, 1.807) is 6.92 Å². The maximum atomic E-state index is 12.4. The predicted molar refractivity (Wildman–Crippen MR) is 157 cm³/mol. The number of hydrogen-bond donors (Lipinski definition) is 6. The van der Waals surface area contributed by atoms with E-state index in [0.717, 1.165) is 0 Å². The number of aliphatic hydroxyl groups is 2. The van der Waals surface area contributed by atoms with Crippen molar-refractivity contribution in [2.24, 2.45) is 0 Å². The molecule has 45 heavy (non-hydrogen) atoms. The normalized spacial score (nSPS) is 37.7. The molecule has 3 aliphatic rings. The number of aromatic amines is 1. The van der Waals surface area contributed by atoms with E-state index < -0.39 is 81.3 Å². The SMILES string of the molecule is Cc1nc2c(ncn2[C@@H]2O[C@@H]3COP(O)(=S)O[C@@H]4C(O)[C@H](n5ncc6c(N)ncnc65)O[C@@H]4COP(O)(=S)O[C@H]2C3O)c(=O)[nH]1. The van der Waals surface area contributed by atoms with Crippen LogP contribution in [0.5, 0.6) is 0 Å². The Hall–Kier alpha value is -2.40. The smallest absolute Gasteiger partial charge is 0.325 e. The second-order valence-corrected chi connectivity index (χ2v) is 15.9. The van der Waals surface area contributed by atoms with Gasteiger partial charge in [0.25, 0.3) is 5.56 Å². The Labute approximate surface area is 261 Å². The number of aliphatic hydroxyl groups excluding tert-OH is 2. The first-order valence-electron chi connectivity index (χ1n) is 13.2. The number of aryl methyl sites for hydroxylation is 1. The first kappa shape index (κ1) is 31.2. The number of imidazole rings is 1. The summed E-state index contributed by atoms with van der Waals surface area (Å²) in [6.45, 7) is -7.85. The van der Waals surface area contributed by atoms with Crippen molar-refractivity contribution in [2.75, 3.05) is 18.9 Å². The molecule has 4 aromatic heterocycles. The van der Waals surface area contributed by atoms with Gasteiger partial charge in [0.2, 0.25) is 0 Å². The highest BCUT2D eigenvalue weighted by Gasteiger charge is 2.52. The number of H-pyrrole nitrogens is 1. The molecular weight excluding hydrogens is 680 g/mol. The number of nitrogens with zero attached hydrogens (tertiary/aromatic N) is 7. The number of aromatic nitrogens is 8. The van der Waals surface area contributed by atoms with Gasteiger partial charge in [0, 0.05) is 0 Å². The molecule has 2 bridgehead atoms. The molecule has 7 heterocycles. The Balaban J connectivity index is 1.21. The lowest BCUT2D eigenvalue weighted by Gasteiger charge is -2.28. The van der Waals surface area contributed by atoms with Crippen molar-refractivity contribution in [2.45, 2.75) is 56.0 Å². The van der Waals surface area contributed by atoms with Crippen molar-refractivity contribution in [3.05, 3.63) is 35.0 Å². The minimum atomic E-state index is -4.21. The summed E-state index contributed by atoms with van der Waals surface area (Å²) >= 11 is 10.5. The Morgan fingerprint density at radius 1 is 0.978 bits per heavy atom. The van der Waals surface area contributed by atoms with Crippen LogP contribution in [0.3, 0.4) is 0 Å². The van der Waals surface area contributed by atoms with E-state index in [2.05, 4.69) is 30.0 Å². The Morgan fingerprint density at radius 3 is 2.42 bits per heavy atom. The molecule has 0 spiro atoms. The molecule has 0 amide bonds. The fourth-order valence-electron chi connectivity index (χ4n) is 5.37. The van der Waals surface area contributed by atoms with Crippen molar-refractivity contribution < 1.29 is 47.6 Å². The highest BCUT2D eigenvalue weighted by Crippen LogP contribution is 2.54. The van der Waals surface area contributed by atoms with Gasteiger partial charge < -0.3 is 49.2 Å². The molecule has 0 aliphatic carbocycles. The highest BCUT2D eigenvalue weighted by molar-refractivity contribution is 8.07. The highest BCUT2D eigenvalue weighted by atomic mass is 32.5. The molecule has 4 aromatic rings. The summed E-state index contributed by atoms with van der Waals surface area (Å²) in [4.78, 5) is 53.6. The number of rotatable bonds is 2. The molecular formula is C21H25N9O11P2S2.